The van der Waals surface area contributed by atoms with E-state index in [0.717, 1.165) is 51.6 Å². The number of rotatable bonds is 5. The van der Waals surface area contributed by atoms with Crippen molar-refractivity contribution in [2.24, 2.45) is 11.8 Å². The summed E-state index contributed by atoms with van der Waals surface area (Å²) in [5, 5.41) is 3.31. The maximum absolute atomic E-state index is 12.1. The number of amides is 2. The van der Waals surface area contributed by atoms with Crippen molar-refractivity contribution in [2.75, 3.05) is 26.2 Å². The van der Waals surface area contributed by atoms with Crippen LogP contribution in [0.1, 0.15) is 38.5 Å². The van der Waals surface area contributed by atoms with Crippen LogP contribution in [0, 0.1) is 11.8 Å². The van der Waals surface area contributed by atoms with Crippen molar-refractivity contribution in [2.45, 2.75) is 44.6 Å². The van der Waals surface area contributed by atoms with Gasteiger partial charge in [0.25, 0.3) is 0 Å². The first-order valence-corrected chi connectivity index (χ1v) is 7.93. The number of ether oxygens (including phenoxy) is 1. The molecular weight excluding hydrogens is 256 g/mol. The van der Waals surface area contributed by atoms with E-state index in [1.54, 1.807) is 0 Å². The topological polar surface area (TPSA) is 58.6 Å². The third-order valence-electron chi connectivity index (χ3n) is 4.83. The molecule has 3 rings (SSSR count). The summed E-state index contributed by atoms with van der Waals surface area (Å²) in [6, 6.07) is 0. The third-order valence-corrected chi connectivity index (χ3v) is 4.83. The highest BCUT2D eigenvalue weighted by molar-refractivity contribution is 6.00. The van der Waals surface area contributed by atoms with Crippen LogP contribution in [-0.4, -0.2) is 49.1 Å². The maximum atomic E-state index is 12.1. The highest BCUT2D eigenvalue weighted by Gasteiger charge is 2.44. The van der Waals surface area contributed by atoms with Crippen molar-refractivity contribution in [1.29, 1.82) is 0 Å². The van der Waals surface area contributed by atoms with Crippen molar-refractivity contribution >= 4 is 11.8 Å². The second-order valence-electron chi connectivity index (χ2n) is 6.21. The SMILES string of the molecule is O=C1C2CCC(C2)C(=O)N1CCCOC1CCNCC1. The van der Waals surface area contributed by atoms with E-state index in [0.29, 0.717) is 19.3 Å². The average molecular weight is 280 g/mol. The van der Waals surface area contributed by atoms with Gasteiger partial charge >= 0.3 is 0 Å². The second kappa shape index (κ2) is 6.22. The Morgan fingerprint density at radius 1 is 1.05 bits per heavy atom. The van der Waals surface area contributed by atoms with Crippen LogP contribution in [0.2, 0.25) is 0 Å². The molecule has 0 aromatic heterocycles. The molecule has 0 aromatic carbocycles. The smallest absolute Gasteiger partial charge is 0.232 e. The van der Waals surface area contributed by atoms with E-state index in [9.17, 15) is 9.59 Å². The van der Waals surface area contributed by atoms with E-state index >= 15 is 0 Å². The van der Waals surface area contributed by atoms with Gasteiger partial charge in [-0.05, 0) is 51.6 Å². The van der Waals surface area contributed by atoms with E-state index in [1.807, 2.05) is 0 Å². The molecule has 2 heterocycles. The largest absolute Gasteiger partial charge is 0.378 e. The average Bonchev–Trinajstić information content (AvgIpc) is 2.93. The van der Waals surface area contributed by atoms with Crippen LogP contribution in [0.4, 0.5) is 0 Å². The Kier molecular flexibility index (Phi) is 4.36. The normalized spacial score (nSPS) is 31.1. The van der Waals surface area contributed by atoms with Crippen LogP contribution in [0.15, 0.2) is 0 Å². The monoisotopic (exact) mass is 280 g/mol. The number of imide groups is 1. The molecule has 20 heavy (non-hydrogen) atoms. The van der Waals surface area contributed by atoms with E-state index in [1.165, 1.54) is 4.90 Å². The molecule has 3 fully saturated rings. The van der Waals surface area contributed by atoms with Crippen LogP contribution in [0.25, 0.3) is 0 Å². The summed E-state index contributed by atoms with van der Waals surface area (Å²) < 4.78 is 5.82. The molecule has 3 aliphatic rings. The zero-order valence-corrected chi connectivity index (χ0v) is 12.0. The van der Waals surface area contributed by atoms with Crippen LogP contribution in [0.3, 0.4) is 0 Å². The number of carbonyl (C=O) groups is 2. The zero-order chi connectivity index (χ0) is 13.9. The van der Waals surface area contributed by atoms with E-state index < -0.39 is 0 Å². The van der Waals surface area contributed by atoms with Gasteiger partial charge in [-0.2, -0.15) is 0 Å². The number of carbonyl (C=O) groups excluding carboxylic acids is 2. The number of hydrogen-bond acceptors (Lipinski definition) is 4. The lowest BCUT2D eigenvalue weighted by atomic mass is 9.97. The predicted molar refractivity (Wildman–Crippen MR) is 74.0 cm³/mol. The van der Waals surface area contributed by atoms with Crippen LogP contribution < -0.4 is 5.32 Å². The molecule has 2 bridgehead atoms. The lowest BCUT2D eigenvalue weighted by Gasteiger charge is -2.30. The van der Waals surface area contributed by atoms with Gasteiger partial charge < -0.3 is 10.1 Å². The number of nitrogens with zero attached hydrogens (tertiary/aromatic N) is 1. The van der Waals surface area contributed by atoms with Crippen molar-refractivity contribution in [3.63, 3.8) is 0 Å². The lowest BCUT2D eigenvalue weighted by molar-refractivity contribution is -0.153. The lowest BCUT2D eigenvalue weighted by Crippen LogP contribution is -2.46. The molecular formula is C15H24N2O3. The van der Waals surface area contributed by atoms with Crippen molar-refractivity contribution in [3.8, 4) is 0 Å². The Bertz CT molecular complexity index is 357. The van der Waals surface area contributed by atoms with Gasteiger partial charge in [0.1, 0.15) is 0 Å². The molecule has 5 nitrogen and oxygen atoms in total. The minimum absolute atomic E-state index is 0.0608. The summed E-state index contributed by atoms with van der Waals surface area (Å²) in [5.41, 5.74) is 0. The Morgan fingerprint density at radius 3 is 2.35 bits per heavy atom. The van der Waals surface area contributed by atoms with Crippen molar-refractivity contribution in [3.05, 3.63) is 0 Å². The molecule has 2 aliphatic heterocycles. The molecule has 1 aliphatic carbocycles. The zero-order valence-electron chi connectivity index (χ0n) is 12.0. The Hall–Kier alpha value is -0.940. The van der Waals surface area contributed by atoms with Crippen molar-refractivity contribution in [1.82, 2.24) is 10.2 Å². The number of fused-ring (bicyclic) bond motifs is 2. The number of hydrogen-bond donors (Lipinski definition) is 1. The third kappa shape index (κ3) is 2.88. The number of likely N-dealkylation sites (tertiary alicyclic amines) is 1. The Morgan fingerprint density at radius 2 is 1.70 bits per heavy atom. The first-order valence-electron chi connectivity index (χ1n) is 7.93. The highest BCUT2D eigenvalue weighted by atomic mass is 16.5. The van der Waals surface area contributed by atoms with E-state index in [4.69, 9.17) is 4.74 Å². The fraction of sp³-hybridized carbons (Fsp3) is 0.867. The summed E-state index contributed by atoms with van der Waals surface area (Å²) in [6.45, 7) is 3.24. The summed E-state index contributed by atoms with van der Waals surface area (Å²) in [4.78, 5) is 25.8. The van der Waals surface area contributed by atoms with Crippen molar-refractivity contribution < 1.29 is 14.3 Å². The Balaban J connectivity index is 1.41. The quantitative estimate of drug-likeness (QED) is 0.601. The first kappa shape index (κ1) is 14.0. The Labute approximate surface area is 120 Å². The van der Waals surface area contributed by atoms with Gasteiger partial charge in [-0.15, -0.1) is 0 Å². The highest BCUT2D eigenvalue weighted by Crippen LogP contribution is 2.38. The van der Waals surface area contributed by atoms with Crippen LogP contribution in [-0.2, 0) is 14.3 Å². The van der Waals surface area contributed by atoms with Gasteiger partial charge in [0.2, 0.25) is 11.8 Å². The molecule has 0 radical (unpaired) electrons. The van der Waals surface area contributed by atoms with Gasteiger partial charge in [-0.25, -0.2) is 0 Å². The second-order valence-corrected chi connectivity index (χ2v) is 6.21. The minimum Gasteiger partial charge on any atom is -0.378 e. The molecule has 2 saturated heterocycles. The summed E-state index contributed by atoms with van der Waals surface area (Å²) in [5.74, 6) is 0.349. The minimum atomic E-state index is 0.0608. The molecule has 5 heteroatoms. The number of piperidine rings is 2. The van der Waals surface area contributed by atoms with Crippen LogP contribution in [0.5, 0.6) is 0 Å². The molecule has 112 valence electrons. The van der Waals surface area contributed by atoms with Gasteiger partial charge in [0.15, 0.2) is 0 Å². The standard InChI is InChI=1S/C15H24N2O3/c18-14-11-2-3-12(10-11)15(19)17(14)8-1-9-20-13-4-6-16-7-5-13/h11-13,16H,1-10H2. The summed E-state index contributed by atoms with van der Waals surface area (Å²) in [6.07, 6.45) is 5.83. The molecule has 1 N–H and O–H groups in total. The molecule has 0 aromatic rings. The van der Waals surface area contributed by atoms with Gasteiger partial charge in [-0.3, -0.25) is 14.5 Å². The molecule has 0 spiro atoms. The van der Waals surface area contributed by atoms with E-state index in [2.05, 4.69) is 5.32 Å². The predicted octanol–water partition coefficient (Wildman–Crippen LogP) is 0.930. The molecule has 1 saturated carbocycles. The van der Waals surface area contributed by atoms with Gasteiger partial charge in [-0.1, -0.05) is 0 Å². The number of nitrogens with one attached hydrogen (secondary N) is 1. The summed E-state index contributed by atoms with van der Waals surface area (Å²) in [7, 11) is 0. The fourth-order valence-electron chi connectivity index (χ4n) is 3.63. The molecule has 2 amide bonds. The molecule has 2 atom stereocenters. The fourth-order valence-corrected chi connectivity index (χ4v) is 3.63. The molecule has 2 unspecified atom stereocenters. The maximum Gasteiger partial charge on any atom is 0.232 e. The van der Waals surface area contributed by atoms with E-state index in [-0.39, 0.29) is 23.7 Å². The van der Waals surface area contributed by atoms with Gasteiger partial charge in [0.05, 0.1) is 6.10 Å². The van der Waals surface area contributed by atoms with Crippen LogP contribution >= 0.6 is 0 Å². The summed E-state index contributed by atoms with van der Waals surface area (Å²) >= 11 is 0. The van der Waals surface area contributed by atoms with Gasteiger partial charge in [0, 0.05) is 25.0 Å². The first-order chi connectivity index (χ1) is 9.75.